The molecule has 0 fully saturated rings. The normalized spacial score (nSPS) is 12.1. The van der Waals surface area contributed by atoms with Crippen LogP contribution in [0.4, 0.5) is 4.79 Å². The Morgan fingerprint density at radius 3 is 2.50 bits per heavy atom. The fourth-order valence-electron chi connectivity index (χ4n) is 1.64. The standard InChI is InChI=1S/C13H16N2O3/c1-10(8-11-4-2-6-17-11)15-13(16)14-9-12-5-3-7-18-12/h2-7,10H,8-9H2,1H3,(H2,14,15,16)/t10-/m1/s1. The molecule has 2 amide bonds. The molecule has 1 atom stereocenters. The lowest BCUT2D eigenvalue weighted by Gasteiger charge is -2.12. The van der Waals surface area contributed by atoms with Gasteiger partial charge in [-0.15, -0.1) is 0 Å². The molecule has 0 saturated heterocycles. The van der Waals surface area contributed by atoms with Gasteiger partial charge in [0.2, 0.25) is 0 Å². The van der Waals surface area contributed by atoms with E-state index < -0.39 is 0 Å². The molecule has 0 aliphatic rings. The van der Waals surface area contributed by atoms with E-state index in [1.807, 2.05) is 25.1 Å². The van der Waals surface area contributed by atoms with Gasteiger partial charge in [0.05, 0.1) is 19.1 Å². The maximum Gasteiger partial charge on any atom is 0.315 e. The van der Waals surface area contributed by atoms with Gasteiger partial charge in [0, 0.05) is 12.5 Å². The van der Waals surface area contributed by atoms with Crippen molar-refractivity contribution in [3.05, 3.63) is 48.3 Å². The first kappa shape index (κ1) is 12.3. The zero-order valence-corrected chi connectivity index (χ0v) is 10.2. The van der Waals surface area contributed by atoms with E-state index in [1.165, 1.54) is 0 Å². The first-order chi connectivity index (χ1) is 8.74. The smallest absolute Gasteiger partial charge is 0.315 e. The van der Waals surface area contributed by atoms with Gasteiger partial charge < -0.3 is 19.5 Å². The second-order valence-corrected chi connectivity index (χ2v) is 4.09. The number of hydrogen-bond acceptors (Lipinski definition) is 3. The van der Waals surface area contributed by atoms with Gasteiger partial charge in [0.25, 0.3) is 0 Å². The first-order valence-corrected chi connectivity index (χ1v) is 5.83. The Bertz CT molecular complexity index is 462. The molecule has 0 aliphatic carbocycles. The number of nitrogens with one attached hydrogen (secondary N) is 2. The molecule has 2 heterocycles. The Morgan fingerprint density at radius 2 is 1.89 bits per heavy atom. The number of hydrogen-bond donors (Lipinski definition) is 2. The van der Waals surface area contributed by atoms with Crippen molar-refractivity contribution in [1.82, 2.24) is 10.6 Å². The van der Waals surface area contributed by atoms with E-state index in [-0.39, 0.29) is 12.1 Å². The van der Waals surface area contributed by atoms with E-state index in [1.54, 1.807) is 18.6 Å². The van der Waals surface area contributed by atoms with E-state index >= 15 is 0 Å². The second-order valence-electron chi connectivity index (χ2n) is 4.09. The number of urea groups is 1. The van der Waals surface area contributed by atoms with E-state index in [0.29, 0.717) is 13.0 Å². The van der Waals surface area contributed by atoms with Crippen LogP contribution in [0.2, 0.25) is 0 Å². The van der Waals surface area contributed by atoms with Crippen molar-refractivity contribution < 1.29 is 13.6 Å². The van der Waals surface area contributed by atoms with Crippen LogP contribution < -0.4 is 10.6 Å². The molecule has 0 radical (unpaired) electrons. The van der Waals surface area contributed by atoms with Crippen molar-refractivity contribution >= 4 is 6.03 Å². The summed E-state index contributed by atoms with van der Waals surface area (Å²) in [6.07, 6.45) is 3.87. The summed E-state index contributed by atoms with van der Waals surface area (Å²) in [4.78, 5) is 11.6. The molecule has 0 bridgehead atoms. The molecule has 0 aliphatic heterocycles. The zero-order chi connectivity index (χ0) is 12.8. The Morgan fingerprint density at radius 1 is 1.22 bits per heavy atom. The van der Waals surface area contributed by atoms with Crippen LogP contribution in [0.3, 0.4) is 0 Å². The highest BCUT2D eigenvalue weighted by molar-refractivity contribution is 5.74. The predicted molar refractivity (Wildman–Crippen MR) is 66.0 cm³/mol. The molecule has 0 aromatic carbocycles. The van der Waals surface area contributed by atoms with Crippen molar-refractivity contribution in [2.45, 2.75) is 25.9 Å². The van der Waals surface area contributed by atoms with Gasteiger partial charge in [-0.2, -0.15) is 0 Å². The van der Waals surface area contributed by atoms with Crippen molar-refractivity contribution in [3.8, 4) is 0 Å². The molecular weight excluding hydrogens is 232 g/mol. The summed E-state index contributed by atoms with van der Waals surface area (Å²) in [6.45, 7) is 2.31. The fourth-order valence-corrected chi connectivity index (χ4v) is 1.64. The third-order valence-corrected chi connectivity index (χ3v) is 2.47. The minimum absolute atomic E-state index is 0.00718. The Hall–Kier alpha value is -2.17. The molecule has 2 rings (SSSR count). The highest BCUT2D eigenvalue weighted by atomic mass is 16.3. The number of rotatable bonds is 5. The third kappa shape index (κ3) is 3.69. The molecule has 2 aromatic heterocycles. The molecule has 96 valence electrons. The number of carbonyl (C=O) groups excluding carboxylic acids is 1. The molecular formula is C13H16N2O3. The van der Waals surface area contributed by atoms with E-state index in [4.69, 9.17) is 8.83 Å². The first-order valence-electron chi connectivity index (χ1n) is 5.83. The molecule has 18 heavy (non-hydrogen) atoms. The number of carbonyl (C=O) groups is 1. The summed E-state index contributed by atoms with van der Waals surface area (Å²) in [6, 6.07) is 7.11. The number of furan rings is 2. The minimum atomic E-state index is -0.217. The highest BCUT2D eigenvalue weighted by Gasteiger charge is 2.09. The molecule has 0 saturated carbocycles. The summed E-state index contributed by atoms with van der Waals surface area (Å²) in [7, 11) is 0. The second kappa shape index (κ2) is 5.95. The van der Waals surface area contributed by atoms with Gasteiger partial charge in [-0.25, -0.2) is 4.79 Å². The Kier molecular flexibility index (Phi) is 4.06. The SMILES string of the molecule is C[C@H](Cc1ccco1)NC(=O)NCc1ccco1. The quantitative estimate of drug-likeness (QED) is 0.853. The molecule has 0 unspecified atom stereocenters. The van der Waals surface area contributed by atoms with Crippen LogP contribution in [0.5, 0.6) is 0 Å². The minimum Gasteiger partial charge on any atom is -0.469 e. The van der Waals surface area contributed by atoms with Crippen molar-refractivity contribution in [2.24, 2.45) is 0 Å². The van der Waals surface area contributed by atoms with E-state index in [2.05, 4.69) is 10.6 Å². The molecule has 2 aromatic rings. The maximum atomic E-state index is 11.6. The zero-order valence-electron chi connectivity index (χ0n) is 10.2. The third-order valence-electron chi connectivity index (χ3n) is 2.47. The van der Waals surface area contributed by atoms with Crippen LogP contribution in [-0.4, -0.2) is 12.1 Å². The summed E-state index contributed by atoms with van der Waals surface area (Å²) in [5.74, 6) is 1.58. The van der Waals surface area contributed by atoms with Gasteiger partial charge in [0.15, 0.2) is 0 Å². The fraction of sp³-hybridized carbons (Fsp3) is 0.308. The van der Waals surface area contributed by atoms with Crippen LogP contribution in [0.15, 0.2) is 45.6 Å². The lowest BCUT2D eigenvalue weighted by atomic mass is 10.2. The summed E-state index contributed by atoms with van der Waals surface area (Å²) in [5, 5.41) is 5.55. The summed E-state index contributed by atoms with van der Waals surface area (Å²) >= 11 is 0. The lowest BCUT2D eigenvalue weighted by molar-refractivity contribution is 0.236. The molecule has 5 heteroatoms. The van der Waals surface area contributed by atoms with E-state index in [9.17, 15) is 4.79 Å². The van der Waals surface area contributed by atoms with Gasteiger partial charge >= 0.3 is 6.03 Å². The van der Waals surface area contributed by atoms with Crippen LogP contribution in [0.1, 0.15) is 18.4 Å². The summed E-state index contributed by atoms with van der Waals surface area (Å²) < 4.78 is 10.3. The van der Waals surface area contributed by atoms with Crippen molar-refractivity contribution in [1.29, 1.82) is 0 Å². The van der Waals surface area contributed by atoms with Gasteiger partial charge in [-0.3, -0.25) is 0 Å². The monoisotopic (exact) mass is 248 g/mol. The summed E-state index contributed by atoms with van der Waals surface area (Å²) in [5.41, 5.74) is 0. The van der Waals surface area contributed by atoms with Crippen LogP contribution in [-0.2, 0) is 13.0 Å². The maximum absolute atomic E-state index is 11.6. The van der Waals surface area contributed by atoms with Crippen LogP contribution in [0.25, 0.3) is 0 Å². The van der Waals surface area contributed by atoms with Gasteiger partial charge in [-0.05, 0) is 31.2 Å². The molecule has 2 N–H and O–H groups in total. The average molecular weight is 248 g/mol. The largest absolute Gasteiger partial charge is 0.469 e. The van der Waals surface area contributed by atoms with E-state index in [0.717, 1.165) is 11.5 Å². The lowest BCUT2D eigenvalue weighted by Crippen LogP contribution is -2.41. The Balaban J connectivity index is 1.70. The van der Waals surface area contributed by atoms with Crippen LogP contribution in [0, 0.1) is 0 Å². The molecule has 5 nitrogen and oxygen atoms in total. The highest BCUT2D eigenvalue weighted by Crippen LogP contribution is 2.03. The van der Waals surface area contributed by atoms with Crippen molar-refractivity contribution in [2.75, 3.05) is 0 Å². The van der Waals surface area contributed by atoms with Gasteiger partial charge in [-0.1, -0.05) is 0 Å². The number of amides is 2. The Labute approximate surface area is 105 Å². The topological polar surface area (TPSA) is 67.4 Å². The van der Waals surface area contributed by atoms with Gasteiger partial charge in [0.1, 0.15) is 11.5 Å². The molecule has 0 spiro atoms. The predicted octanol–water partition coefficient (Wildman–Crippen LogP) is 2.30. The van der Waals surface area contributed by atoms with Crippen LogP contribution >= 0.6 is 0 Å². The average Bonchev–Trinajstić information content (AvgIpc) is 2.98. The van der Waals surface area contributed by atoms with Crippen molar-refractivity contribution in [3.63, 3.8) is 0 Å².